The Hall–Kier alpha value is -3.96. The van der Waals surface area contributed by atoms with Crippen LogP contribution in [0.5, 0.6) is 0 Å². The second-order valence-corrected chi connectivity index (χ2v) is 16.3. The highest BCUT2D eigenvalue weighted by Gasteiger charge is 2.17. The van der Waals surface area contributed by atoms with Gasteiger partial charge in [-0.15, -0.1) is 0 Å². The number of hydrogen-bond acceptors (Lipinski definition) is 5. The predicted octanol–water partition coefficient (Wildman–Crippen LogP) is 17.6. The quantitative estimate of drug-likeness (QED) is 0.0346. The normalized spacial score (nSPS) is 13.4. The molecule has 0 aromatic heterocycles. The van der Waals surface area contributed by atoms with E-state index in [9.17, 15) is 9.59 Å². The first-order valence-electron chi connectivity index (χ1n) is 25.7. The van der Waals surface area contributed by atoms with Crippen LogP contribution in [-0.4, -0.2) is 37.9 Å². The Morgan fingerprint density at radius 1 is 0.359 bits per heavy atom. The van der Waals surface area contributed by atoms with Gasteiger partial charge in [0.1, 0.15) is 6.61 Å². The molecule has 5 heteroatoms. The first-order valence-corrected chi connectivity index (χ1v) is 25.7. The monoisotopic (exact) mass is 883 g/mol. The summed E-state index contributed by atoms with van der Waals surface area (Å²) in [6, 6.07) is 0. The molecule has 1 unspecified atom stereocenters. The van der Waals surface area contributed by atoms with E-state index in [0.717, 1.165) is 96.3 Å². The van der Waals surface area contributed by atoms with Gasteiger partial charge < -0.3 is 14.2 Å². The summed E-state index contributed by atoms with van der Waals surface area (Å²) in [4.78, 5) is 25.4. The summed E-state index contributed by atoms with van der Waals surface area (Å²) >= 11 is 0. The summed E-state index contributed by atoms with van der Waals surface area (Å²) in [5.41, 5.74) is 0. The second kappa shape index (κ2) is 53.4. The summed E-state index contributed by atoms with van der Waals surface area (Å²) in [5, 5.41) is 0. The van der Waals surface area contributed by atoms with E-state index in [1.54, 1.807) is 0 Å². The van der Waals surface area contributed by atoms with Gasteiger partial charge in [-0.3, -0.25) is 9.59 Å². The second-order valence-electron chi connectivity index (χ2n) is 16.3. The van der Waals surface area contributed by atoms with Gasteiger partial charge in [-0.1, -0.05) is 199 Å². The minimum Gasteiger partial charge on any atom is -0.462 e. The van der Waals surface area contributed by atoms with Crippen LogP contribution in [0, 0.1) is 0 Å². The van der Waals surface area contributed by atoms with Gasteiger partial charge in [-0.2, -0.15) is 0 Å². The van der Waals surface area contributed by atoms with Crippen LogP contribution in [0.3, 0.4) is 0 Å². The fourth-order valence-electron chi connectivity index (χ4n) is 6.40. The molecule has 0 rings (SSSR count). The highest BCUT2D eigenvalue weighted by Crippen LogP contribution is 2.11. The van der Waals surface area contributed by atoms with Crippen LogP contribution in [0.1, 0.15) is 201 Å². The molecule has 0 amide bonds. The zero-order valence-electron chi connectivity index (χ0n) is 41.2. The number of carbonyl (C=O) groups is 2. The molecule has 0 bridgehead atoms. The van der Waals surface area contributed by atoms with Gasteiger partial charge in [-0.25, -0.2) is 0 Å². The number of hydrogen-bond donors (Lipinski definition) is 0. The Kier molecular flexibility index (Phi) is 50.1. The SMILES string of the molecule is CC/C=C\C/C=C\C/C=C\C/C=C\C/C=C\CCCC(=O)OCC(COCCCCCCCC/C=C\CCCCCC)OC(=O)CCC/C=C\C/C=C\C/C=C\C/C=C\C/C=C\CC. The highest BCUT2D eigenvalue weighted by atomic mass is 16.6. The molecule has 0 saturated heterocycles. The van der Waals surface area contributed by atoms with Gasteiger partial charge in [0.25, 0.3) is 0 Å². The molecule has 0 aromatic rings. The van der Waals surface area contributed by atoms with Crippen LogP contribution in [-0.2, 0) is 23.8 Å². The molecule has 1 atom stereocenters. The Labute approximate surface area is 394 Å². The van der Waals surface area contributed by atoms with Crippen LogP contribution in [0.15, 0.2) is 134 Å². The lowest BCUT2D eigenvalue weighted by atomic mass is 10.1. The summed E-state index contributed by atoms with van der Waals surface area (Å²) in [6.07, 6.45) is 76.1. The molecule has 0 heterocycles. The van der Waals surface area contributed by atoms with E-state index in [1.165, 1.54) is 64.2 Å². The molecule has 0 aliphatic carbocycles. The Balaban J connectivity index is 4.50. The lowest BCUT2D eigenvalue weighted by Crippen LogP contribution is -2.30. The maximum atomic E-state index is 12.8. The van der Waals surface area contributed by atoms with Crippen molar-refractivity contribution in [3.63, 3.8) is 0 Å². The smallest absolute Gasteiger partial charge is 0.306 e. The van der Waals surface area contributed by atoms with Gasteiger partial charge in [0.05, 0.1) is 6.61 Å². The van der Waals surface area contributed by atoms with E-state index in [4.69, 9.17) is 14.2 Å². The average molecular weight is 883 g/mol. The fourth-order valence-corrected chi connectivity index (χ4v) is 6.40. The number of allylic oxidation sites excluding steroid dienone is 22. The van der Waals surface area contributed by atoms with E-state index < -0.39 is 6.10 Å². The minimum atomic E-state index is -0.601. The fraction of sp³-hybridized carbons (Fsp3) is 0.593. The van der Waals surface area contributed by atoms with E-state index >= 15 is 0 Å². The summed E-state index contributed by atoms with van der Waals surface area (Å²) in [5.74, 6) is -0.545. The molecule has 0 fully saturated rings. The Morgan fingerprint density at radius 2 is 0.703 bits per heavy atom. The molecule has 0 aliphatic rings. The van der Waals surface area contributed by atoms with Crippen molar-refractivity contribution in [3.8, 4) is 0 Å². The number of esters is 2. The third-order valence-corrected chi connectivity index (χ3v) is 10.2. The van der Waals surface area contributed by atoms with Crippen LogP contribution in [0.2, 0.25) is 0 Å². The van der Waals surface area contributed by atoms with Gasteiger partial charge in [0.2, 0.25) is 0 Å². The van der Waals surface area contributed by atoms with E-state index in [2.05, 4.69) is 154 Å². The maximum absolute atomic E-state index is 12.8. The van der Waals surface area contributed by atoms with Crippen molar-refractivity contribution in [1.29, 1.82) is 0 Å². The molecule has 360 valence electrons. The van der Waals surface area contributed by atoms with Gasteiger partial charge in [0.15, 0.2) is 6.10 Å². The first-order chi connectivity index (χ1) is 31.6. The molecule has 0 aromatic carbocycles. The largest absolute Gasteiger partial charge is 0.462 e. The van der Waals surface area contributed by atoms with Crippen LogP contribution < -0.4 is 0 Å². The van der Waals surface area contributed by atoms with Gasteiger partial charge >= 0.3 is 11.9 Å². The first kappa shape index (κ1) is 60.0. The van der Waals surface area contributed by atoms with Crippen LogP contribution in [0.4, 0.5) is 0 Å². The molecule has 64 heavy (non-hydrogen) atoms. The molecule has 0 spiro atoms. The van der Waals surface area contributed by atoms with Gasteiger partial charge in [0, 0.05) is 19.4 Å². The Bertz CT molecular complexity index is 1370. The summed E-state index contributed by atoms with van der Waals surface area (Å²) in [6.45, 7) is 7.43. The number of rotatable bonds is 45. The summed E-state index contributed by atoms with van der Waals surface area (Å²) in [7, 11) is 0. The molecule has 5 nitrogen and oxygen atoms in total. The zero-order chi connectivity index (χ0) is 46.3. The minimum absolute atomic E-state index is 0.0220. The number of carbonyl (C=O) groups excluding carboxylic acids is 2. The summed E-state index contributed by atoms with van der Waals surface area (Å²) < 4.78 is 17.3. The lowest BCUT2D eigenvalue weighted by molar-refractivity contribution is -0.162. The third kappa shape index (κ3) is 50.7. The third-order valence-electron chi connectivity index (χ3n) is 10.2. The van der Waals surface area contributed by atoms with Crippen LogP contribution in [0.25, 0.3) is 0 Å². The van der Waals surface area contributed by atoms with Crippen molar-refractivity contribution < 1.29 is 23.8 Å². The number of unbranched alkanes of at least 4 members (excludes halogenated alkanes) is 12. The zero-order valence-corrected chi connectivity index (χ0v) is 41.2. The Morgan fingerprint density at radius 3 is 1.14 bits per heavy atom. The van der Waals surface area contributed by atoms with E-state index in [1.807, 2.05) is 0 Å². The van der Waals surface area contributed by atoms with Crippen molar-refractivity contribution in [1.82, 2.24) is 0 Å². The average Bonchev–Trinajstić information content (AvgIpc) is 3.30. The van der Waals surface area contributed by atoms with Crippen molar-refractivity contribution in [3.05, 3.63) is 134 Å². The van der Waals surface area contributed by atoms with E-state index in [0.29, 0.717) is 25.9 Å². The van der Waals surface area contributed by atoms with Crippen molar-refractivity contribution in [2.75, 3.05) is 19.8 Å². The molecular weight excluding hydrogens is 789 g/mol. The topological polar surface area (TPSA) is 61.8 Å². The van der Waals surface area contributed by atoms with Gasteiger partial charge in [-0.05, 0) is 122 Å². The molecule has 0 aliphatic heterocycles. The van der Waals surface area contributed by atoms with E-state index in [-0.39, 0.29) is 25.2 Å². The maximum Gasteiger partial charge on any atom is 0.306 e. The van der Waals surface area contributed by atoms with Crippen molar-refractivity contribution in [2.24, 2.45) is 0 Å². The van der Waals surface area contributed by atoms with Crippen molar-refractivity contribution >= 4 is 11.9 Å². The molecule has 0 saturated carbocycles. The molecule has 0 radical (unpaired) electrons. The standard InChI is InChI=1S/C59H94O5/c1-4-7-10-13-16-19-22-25-28-30-32-34-37-40-43-46-49-52-58(60)63-56-57(55-62-54-51-48-45-42-39-36-27-24-21-18-15-12-9-6-3)64-59(61)53-50-47-44-41-38-35-33-31-29-26-23-20-17-14-11-8-5-2/h7-8,10-11,16-17,19-21,24-26,28-29,32-35,40-41,43-44,57H,4-6,9,12-15,18,22-23,27,30-31,36-39,42,45-56H2,1-3H3/b10-7-,11-8-,19-16-,20-17-,24-21-,28-25-,29-26-,34-32-,35-33-,43-40-,44-41-. The van der Waals surface area contributed by atoms with Crippen LogP contribution >= 0.6 is 0 Å². The number of ether oxygens (including phenoxy) is 3. The lowest BCUT2D eigenvalue weighted by Gasteiger charge is -2.18. The van der Waals surface area contributed by atoms with Crippen molar-refractivity contribution in [2.45, 2.75) is 207 Å². The highest BCUT2D eigenvalue weighted by molar-refractivity contribution is 5.70. The predicted molar refractivity (Wildman–Crippen MR) is 278 cm³/mol. The molecular formula is C59H94O5. The molecule has 0 N–H and O–H groups in total.